The van der Waals surface area contributed by atoms with Crippen molar-refractivity contribution >= 4 is 28.4 Å². The van der Waals surface area contributed by atoms with E-state index in [2.05, 4.69) is 4.98 Å². The molecule has 6 N–H and O–H groups in total. The van der Waals surface area contributed by atoms with E-state index in [9.17, 15) is 30.9 Å². The van der Waals surface area contributed by atoms with Gasteiger partial charge < -0.3 is 30.9 Å². The Labute approximate surface area is 186 Å². The number of rotatable bonds is 3. The van der Waals surface area contributed by atoms with Crippen LogP contribution in [0.5, 0.6) is 0 Å². The monoisotopic (exact) mass is 450 g/mol. The molecule has 1 aliphatic rings. The van der Waals surface area contributed by atoms with E-state index in [-0.39, 0.29) is 27.5 Å². The van der Waals surface area contributed by atoms with Crippen LogP contribution in [0.15, 0.2) is 47.5 Å². The lowest BCUT2D eigenvalue weighted by Gasteiger charge is -2.37. The van der Waals surface area contributed by atoms with Crippen LogP contribution in [0.2, 0.25) is 0 Å². The maximum atomic E-state index is 10.3. The van der Waals surface area contributed by atoms with E-state index < -0.39 is 30.0 Å². The Hall–Kier alpha value is -3.22. The van der Waals surface area contributed by atoms with Crippen LogP contribution in [0.4, 0.5) is 5.82 Å². The average Bonchev–Trinajstić information content (AvgIpc) is 2.80. The first-order chi connectivity index (χ1) is 15.3. The second kappa shape index (κ2) is 8.73. The van der Waals surface area contributed by atoms with Gasteiger partial charge in [-0.25, -0.2) is 4.98 Å². The first kappa shape index (κ1) is 22.0. The van der Waals surface area contributed by atoms with Crippen molar-refractivity contribution in [2.75, 3.05) is 5.73 Å². The second-order valence-corrected chi connectivity index (χ2v) is 8.28. The number of nitrogen functional groups attached to an aromatic ring is 1. The summed E-state index contributed by atoms with van der Waals surface area (Å²) in [6.45, 7) is 0. The Morgan fingerprint density at radius 3 is 2.28 bits per heavy atom. The first-order valence-corrected chi connectivity index (χ1v) is 10.4. The molecule has 5 atom stereocenters. The molecule has 0 amide bonds. The SMILES string of the molecule is N#Cc1c(N)nc(S[C@@H]2O[C@H](O)[C@H](O)[C@H](O)[C@H]2O)c(C#N)c1-c1ccc2ccccc2c1. The normalized spacial score (nSPS) is 25.2. The van der Waals surface area contributed by atoms with Crippen LogP contribution >= 0.6 is 11.8 Å². The Morgan fingerprint density at radius 1 is 0.906 bits per heavy atom. The van der Waals surface area contributed by atoms with Gasteiger partial charge in [0.2, 0.25) is 0 Å². The summed E-state index contributed by atoms with van der Waals surface area (Å²) in [6.07, 6.45) is -6.68. The summed E-state index contributed by atoms with van der Waals surface area (Å²) in [7, 11) is 0. The van der Waals surface area contributed by atoms with Gasteiger partial charge in [0.1, 0.15) is 52.3 Å². The molecule has 4 rings (SSSR count). The molecular weight excluding hydrogens is 432 g/mol. The van der Waals surface area contributed by atoms with E-state index in [1.165, 1.54) is 0 Å². The van der Waals surface area contributed by atoms with Crippen LogP contribution < -0.4 is 5.73 Å². The summed E-state index contributed by atoms with van der Waals surface area (Å²) in [6, 6.07) is 17.1. The van der Waals surface area contributed by atoms with Crippen LogP contribution in [0, 0.1) is 22.7 Å². The Balaban J connectivity index is 1.84. The van der Waals surface area contributed by atoms with Crippen molar-refractivity contribution in [2.24, 2.45) is 0 Å². The quantitative estimate of drug-likeness (QED) is 0.388. The minimum Gasteiger partial charge on any atom is -0.387 e. The summed E-state index contributed by atoms with van der Waals surface area (Å²) < 4.78 is 5.19. The third-order valence-corrected chi connectivity index (χ3v) is 6.37. The van der Waals surface area contributed by atoms with Crippen molar-refractivity contribution < 1.29 is 25.2 Å². The fourth-order valence-corrected chi connectivity index (χ4v) is 4.66. The topological polar surface area (TPSA) is 177 Å². The molecule has 1 saturated heterocycles. The zero-order valence-electron chi connectivity index (χ0n) is 16.5. The molecule has 0 radical (unpaired) electrons. The number of anilines is 1. The number of benzene rings is 2. The predicted molar refractivity (Wildman–Crippen MR) is 116 cm³/mol. The largest absolute Gasteiger partial charge is 0.387 e. The third kappa shape index (κ3) is 3.76. The Kier molecular flexibility index (Phi) is 6.00. The van der Waals surface area contributed by atoms with Gasteiger partial charge in [0.25, 0.3) is 0 Å². The summed E-state index contributed by atoms with van der Waals surface area (Å²) in [4.78, 5) is 4.14. The molecule has 10 heteroatoms. The number of hydrogen-bond acceptors (Lipinski definition) is 10. The van der Waals surface area contributed by atoms with Gasteiger partial charge in [0.15, 0.2) is 6.29 Å². The standard InChI is InChI=1S/C22H18N4O5S/c23-8-13-15(12-6-5-10-3-1-2-4-11(10)7-12)14(9-24)20(26-19(13)25)32-22-18(29)16(27)17(28)21(30)31-22/h1-7,16-18,21-22,27-30H,(H2,25,26)/t16-,17+,18+,21-,22-/m0/s1. The smallest absolute Gasteiger partial charge is 0.185 e. The molecule has 0 unspecified atom stereocenters. The van der Waals surface area contributed by atoms with E-state index in [0.717, 1.165) is 22.5 Å². The van der Waals surface area contributed by atoms with E-state index >= 15 is 0 Å². The highest BCUT2D eigenvalue weighted by atomic mass is 32.2. The van der Waals surface area contributed by atoms with E-state index in [0.29, 0.717) is 5.56 Å². The van der Waals surface area contributed by atoms with Crippen LogP contribution in [0.1, 0.15) is 11.1 Å². The summed E-state index contributed by atoms with van der Waals surface area (Å²) in [5.74, 6) is -0.122. The lowest BCUT2D eigenvalue weighted by atomic mass is 9.95. The summed E-state index contributed by atoms with van der Waals surface area (Å²) >= 11 is 0.753. The molecule has 162 valence electrons. The van der Waals surface area contributed by atoms with Gasteiger partial charge in [-0.1, -0.05) is 48.2 Å². The molecular formula is C22H18N4O5S. The number of aliphatic hydroxyl groups is 4. The van der Waals surface area contributed by atoms with Crippen molar-refractivity contribution in [3.05, 3.63) is 53.6 Å². The van der Waals surface area contributed by atoms with Crippen molar-refractivity contribution in [1.29, 1.82) is 10.5 Å². The number of fused-ring (bicyclic) bond motifs is 1. The van der Waals surface area contributed by atoms with Gasteiger partial charge in [-0.2, -0.15) is 10.5 Å². The van der Waals surface area contributed by atoms with Crippen LogP contribution in [0.3, 0.4) is 0 Å². The Morgan fingerprint density at radius 2 is 1.59 bits per heavy atom. The molecule has 2 heterocycles. The zero-order valence-corrected chi connectivity index (χ0v) is 17.3. The van der Waals surface area contributed by atoms with Crippen molar-refractivity contribution in [3.63, 3.8) is 0 Å². The molecule has 0 spiro atoms. The van der Waals surface area contributed by atoms with E-state index in [1.807, 2.05) is 48.5 Å². The number of aliphatic hydroxyl groups excluding tert-OH is 4. The van der Waals surface area contributed by atoms with Gasteiger partial charge in [0.05, 0.1) is 5.56 Å². The number of pyridine rings is 1. The lowest BCUT2D eigenvalue weighted by Crippen LogP contribution is -2.56. The Bertz CT molecular complexity index is 1270. The molecule has 0 aliphatic carbocycles. The molecule has 32 heavy (non-hydrogen) atoms. The van der Waals surface area contributed by atoms with Crippen molar-refractivity contribution in [1.82, 2.24) is 4.98 Å². The average molecular weight is 450 g/mol. The highest BCUT2D eigenvalue weighted by Gasteiger charge is 2.44. The number of nitrogens with two attached hydrogens (primary N) is 1. The van der Waals surface area contributed by atoms with Gasteiger partial charge in [-0.05, 0) is 22.4 Å². The predicted octanol–water partition coefficient (Wildman–Crippen LogP) is 1.08. The third-order valence-electron chi connectivity index (χ3n) is 5.23. The number of aromatic nitrogens is 1. The fraction of sp³-hybridized carbons (Fsp3) is 0.227. The van der Waals surface area contributed by atoms with Gasteiger partial charge in [-0.3, -0.25) is 0 Å². The number of hydrogen-bond donors (Lipinski definition) is 5. The van der Waals surface area contributed by atoms with Gasteiger partial charge in [0, 0.05) is 5.56 Å². The fourth-order valence-electron chi connectivity index (χ4n) is 3.55. The molecule has 0 bridgehead atoms. The maximum absolute atomic E-state index is 10.3. The van der Waals surface area contributed by atoms with E-state index in [4.69, 9.17) is 10.5 Å². The molecule has 0 saturated carbocycles. The molecule has 9 nitrogen and oxygen atoms in total. The maximum Gasteiger partial charge on any atom is 0.185 e. The highest BCUT2D eigenvalue weighted by Crippen LogP contribution is 2.40. The summed E-state index contributed by atoms with van der Waals surface area (Å²) in [5, 5.41) is 61.2. The van der Waals surface area contributed by atoms with Crippen molar-refractivity contribution in [3.8, 4) is 23.3 Å². The second-order valence-electron chi connectivity index (χ2n) is 7.20. The highest BCUT2D eigenvalue weighted by molar-refractivity contribution is 7.99. The molecule has 2 aromatic carbocycles. The number of nitrogens with zero attached hydrogens (tertiary/aromatic N) is 3. The van der Waals surface area contributed by atoms with Crippen LogP contribution in [-0.4, -0.2) is 55.4 Å². The van der Waals surface area contributed by atoms with Crippen LogP contribution in [-0.2, 0) is 4.74 Å². The number of thioether (sulfide) groups is 1. The minimum absolute atomic E-state index is 0.0294. The van der Waals surface area contributed by atoms with E-state index in [1.54, 1.807) is 6.07 Å². The zero-order chi connectivity index (χ0) is 23.0. The number of nitriles is 2. The molecule has 1 fully saturated rings. The van der Waals surface area contributed by atoms with Crippen LogP contribution in [0.25, 0.3) is 21.9 Å². The molecule has 1 aliphatic heterocycles. The molecule has 3 aromatic rings. The molecule has 1 aromatic heterocycles. The summed E-state index contributed by atoms with van der Waals surface area (Å²) in [5.41, 5.74) is 5.69. The number of ether oxygens (including phenoxy) is 1. The first-order valence-electron chi connectivity index (χ1n) is 9.53. The lowest BCUT2D eigenvalue weighted by molar-refractivity contribution is -0.261. The van der Waals surface area contributed by atoms with Gasteiger partial charge in [-0.15, -0.1) is 0 Å². The van der Waals surface area contributed by atoms with Crippen molar-refractivity contribution in [2.45, 2.75) is 35.1 Å². The minimum atomic E-state index is -1.74. The van der Waals surface area contributed by atoms with Gasteiger partial charge >= 0.3 is 0 Å².